The smallest absolute Gasteiger partial charge is 0.495 e. The quantitative estimate of drug-likeness (QED) is 0.0192. The van der Waals surface area contributed by atoms with Crippen LogP contribution in [0.1, 0.15) is 44.8 Å². The topological polar surface area (TPSA) is 277 Å². The Hall–Kier alpha value is -7.83. The number of methoxy groups -OCH3 is 2. The van der Waals surface area contributed by atoms with Gasteiger partial charge in [-0.25, -0.2) is 29.9 Å². The summed E-state index contributed by atoms with van der Waals surface area (Å²) in [6.07, 6.45) is 12.5. The van der Waals surface area contributed by atoms with Gasteiger partial charge in [-0.05, 0) is 124 Å². The third-order valence-corrected chi connectivity index (χ3v) is 16.2. The number of nitrogen functional groups attached to an aromatic ring is 1. The van der Waals surface area contributed by atoms with Gasteiger partial charge >= 0.3 is 7.12 Å². The van der Waals surface area contributed by atoms with E-state index >= 15 is 0 Å². The molecule has 0 spiro atoms. The van der Waals surface area contributed by atoms with Gasteiger partial charge in [-0.15, -0.1) is 0 Å². The van der Waals surface area contributed by atoms with Crippen LogP contribution in [0.2, 0.25) is 30.8 Å². The number of likely N-dealkylation sites (N-methyl/N-ethyl adjacent to an activating group) is 4. The lowest BCUT2D eigenvalue weighted by Crippen LogP contribution is -2.41. The Morgan fingerprint density at radius 2 is 1.02 bits per heavy atom. The van der Waals surface area contributed by atoms with Gasteiger partial charge in [-0.3, -0.25) is 23.6 Å². The molecule has 0 saturated carbocycles. The number of benzene rings is 2. The average molecular weight is 1440 g/mol. The van der Waals surface area contributed by atoms with E-state index in [9.17, 15) is 9.59 Å². The second-order valence-electron chi connectivity index (χ2n) is 23.2. The second kappa shape index (κ2) is 35.4. The van der Waals surface area contributed by atoms with Crippen molar-refractivity contribution in [2.24, 2.45) is 21.1 Å². The van der Waals surface area contributed by atoms with Crippen molar-refractivity contribution in [3.63, 3.8) is 0 Å². The van der Waals surface area contributed by atoms with E-state index in [1.165, 1.54) is 30.7 Å². The van der Waals surface area contributed by atoms with E-state index in [-0.39, 0.29) is 45.9 Å². The summed E-state index contributed by atoms with van der Waals surface area (Å²) in [6.45, 7) is 24.3. The van der Waals surface area contributed by atoms with E-state index in [1.54, 1.807) is 40.4 Å². The van der Waals surface area contributed by atoms with Crippen LogP contribution in [-0.4, -0.2) is 182 Å². The van der Waals surface area contributed by atoms with Crippen LogP contribution in [0.5, 0.6) is 11.5 Å². The molecule has 1 saturated heterocycles. The molecule has 9 rings (SSSR count). The van der Waals surface area contributed by atoms with E-state index in [4.69, 9.17) is 94.1 Å². The average Bonchev–Trinajstić information content (AvgIpc) is 1.64. The maximum absolute atomic E-state index is 12.2. The maximum Gasteiger partial charge on any atom is 0.498 e. The highest BCUT2D eigenvalue weighted by atomic mass is 35.5. The number of aromatic nitrogens is 12. The van der Waals surface area contributed by atoms with Gasteiger partial charge in [0.25, 0.3) is 0 Å². The largest absolute Gasteiger partial charge is 0.498 e. The molecule has 33 heteroatoms. The molecule has 26 nitrogen and oxygen atoms in total. The van der Waals surface area contributed by atoms with Gasteiger partial charge in [0.15, 0.2) is 5.15 Å². The van der Waals surface area contributed by atoms with Crippen molar-refractivity contribution in [3.05, 3.63) is 135 Å². The van der Waals surface area contributed by atoms with Gasteiger partial charge in [-0.2, -0.15) is 15.3 Å². The lowest BCUT2D eigenvalue weighted by atomic mass is 9.79. The highest BCUT2D eigenvalue weighted by Gasteiger charge is 2.52. The van der Waals surface area contributed by atoms with Crippen LogP contribution in [0.4, 0.5) is 40.1 Å². The molecule has 6 aromatic heterocycles. The van der Waals surface area contributed by atoms with Gasteiger partial charge < -0.3 is 60.1 Å². The van der Waals surface area contributed by atoms with Crippen LogP contribution >= 0.6 is 69.6 Å². The lowest BCUT2D eigenvalue weighted by Gasteiger charge is -2.32. The maximum atomic E-state index is 12.2. The predicted molar refractivity (Wildman–Crippen MR) is 389 cm³/mol. The first-order chi connectivity index (χ1) is 45.0. The molecule has 7 heterocycles. The van der Waals surface area contributed by atoms with Crippen LogP contribution in [0, 0.1) is 20.8 Å². The molecule has 5 N–H and O–H groups in total. The first-order valence-electron chi connectivity index (χ1n) is 29.5. The van der Waals surface area contributed by atoms with Gasteiger partial charge in [-0.1, -0.05) is 59.6 Å². The first kappa shape index (κ1) is 78.9. The summed E-state index contributed by atoms with van der Waals surface area (Å²) < 4.78 is 28.0. The fraction of sp³-hybridized carbons (Fsp3) is 0.381. The molecule has 8 aromatic rings. The van der Waals surface area contributed by atoms with Gasteiger partial charge in [0, 0.05) is 109 Å². The van der Waals surface area contributed by atoms with Crippen LogP contribution in [0.3, 0.4) is 0 Å². The number of carbonyl (C=O) groups excluding carboxylic acids is 2. The summed E-state index contributed by atoms with van der Waals surface area (Å²) in [5, 5.41) is 23.4. The van der Waals surface area contributed by atoms with E-state index in [0.717, 1.165) is 71.2 Å². The predicted octanol–water partition coefficient (Wildman–Crippen LogP) is 11.1. The van der Waals surface area contributed by atoms with Crippen LogP contribution < -0.4 is 46.4 Å². The highest BCUT2D eigenvalue weighted by molar-refractivity contribution is 6.62. The number of rotatable bonds is 19. The minimum absolute atomic E-state index is 0.101. The summed E-state index contributed by atoms with van der Waals surface area (Å²) in [5.74, 6) is 0.868. The van der Waals surface area contributed by atoms with E-state index in [2.05, 4.69) is 112 Å². The van der Waals surface area contributed by atoms with Crippen molar-refractivity contribution in [2.45, 2.75) is 59.7 Å². The molecule has 0 atom stereocenters. The number of hydrogen-bond donors (Lipinski definition) is 4. The van der Waals surface area contributed by atoms with E-state index < -0.39 is 0 Å². The van der Waals surface area contributed by atoms with Crippen molar-refractivity contribution in [2.75, 3.05) is 114 Å². The molecule has 1 aliphatic heterocycles. The number of halogens is 6. The molecule has 96 heavy (non-hydrogen) atoms. The summed E-state index contributed by atoms with van der Waals surface area (Å²) in [4.78, 5) is 56.0. The first-order valence-corrected chi connectivity index (χ1v) is 31.7. The number of nitrogens with one attached hydrogen (secondary N) is 3. The molecule has 1 fully saturated rings. The minimum Gasteiger partial charge on any atom is -0.495 e. The number of ether oxygens (including phenoxy) is 2. The monoisotopic (exact) mass is 1440 g/mol. The minimum atomic E-state index is -0.319. The second-order valence-corrected chi connectivity index (χ2v) is 25.4. The van der Waals surface area contributed by atoms with Gasteiger partial charge in [0.05, 0.1) is 122 Å². The standard InChI is InChI=1S/C24H31ClN8O2.C15H24N4O2.C11H19BN2O2.C9H8Cl2N4.C4HCl3N2/c1-8-22(34)27-18-11-19(21(35-7)12-20(18)32(5)10-9-31(3)4)28-24-26-13-17(25)23(29-24)16-14-33(6)30-15(16)2;1-6-15(20)17-12-9-11(16)14(21-5)10-13(12)19(4)8-7-18(2)3;1-8-9(7-14(6)13-8)12-15-10(2,3)11(4,5)16-12;1-5-6(4-15(2)14-5)8-7(10)3-12-9(11)13-8;5-2-1-8-4(7)9-3(2)6/h8,11-14H,1,9-10H2,2-7H3,(H,27,34)(H,26,28,29);6,9-10H,1,7-8,16H2,2-5H3,(H,17,20);7H,1-6H3;3-4H,1-2H3;1H. The number of amides is 2. The Morgan fingerprint density at radius 3 is 1.44 bits per heavy atom. The number of nitrogens with zero attached hydrogens (tertiary/aromatic N) is 16. The van der Waals surface area contributed by atoms with Crippen molar-refractivity contribution in [3.8, 4) is 34.0 Å². The zero-order valence-electron chi connectivity index (χ0n) is 57.2. The SMILES string of the molecule is C=CC(=O)Nc1cc(N)c(OC)cc1N(C)CCN(C)C.C=CC(=O)Nc1cc(Nc2ncc(Cl)c(-c3cn(C)nc3C)n2)c(OC)cc1N(C)CCN(C)C.Cc1nn(C)cc1-c1nc(Cl)ncc1Cl.Cc1nn(C)cc1B1OC(C)(C)C(C)(C)O1.Clc1ncc(Cl)c(Cl)n1. The number of nitrogens with two attached hydrogens (primary N) is 1. The molecular weight excluding hydrogens is 1360 g/mol. The summed E-state index contributed by atoms with van der Waals surface area (Å²) in [6, 6.07) is 7.17. The highest BCUT2D eigenvalue weighted by Crippen LogP contribution is 2.40. The van der Waals surface area contributed by atoms with Crippen LogP contribution in [0.15, 0.2) is 86.8 Å². The zero-order chi connectivity index (χ0) is 71.7. The van der Waals surface area contributed by atoms with Crippen LogP contribution in [0.25, 0.3) is 22.5 Å². The van der Waals surface area contributed by atoms with Gasteiger partial charge in [0.1, 0.15) is 11.5 Å². The molecule has 0 aliphatic carbocycles. The molecule has 0 bridgehead atoms. The van der Waals surface area contributed by atoms with Crippen molar-refractivity contribution in [1.82, 2.24) is 69.0 Å². The molecule has 0 radical (unpaired) electrons. The van der Waals surface area contributed by atoms with Crippen molar-refractivity contribution >= 4 is 134 Å². The third-order valence-electron chi connectivity index (χ3n) is 14.6. The number of carbonyl (C=O) groups is 2. The van der Waals surface area contributed by atoms with E-state index in [0.29, 0.717) is 66.7 Å². The fourth-order valence-electron chi connectivity index (χ4n) is 8.82. The molecular formula is C63H83BCl6N20O6. The number of aryl methyl sites for hydroxylation is 6. The molecule has 0 unspecified atom stereocenters. The van der Waals surface area contributed by atoms with Gasteiger partial charge in [0.2, 0.25) is 28.3 Å². The Morgan fingerprint density at radius 1 is 0.594 bits per heavy atom. The summed E-state index contributed by atoms with van der Waals surface area (Å²) in [5.41, 5.74) is 15.7. The third kappa shape index (κ3) is 22.1. The number of hydrogen-bond acceptors (Lipinski definition) is 21. The molecule has 1 aliphatic rings. The zero-order valence-corrected chi connectivity index (χ0v) is 61.7. The molecule has 516 valence electrons. The Bertz CT molecular complexity index is 3980. The van der Waals surface area contributed by atoms with Crippen molar-refractivity contribution < 1.29 is 28.4 Å². The van der Waals surface area contributed by atoms with Crippen LogP contribution in [-0.2, 0) is 40.0 Å². The fourth-order valence-corrected chi connectivity index (χ4v) is 9.74. The Balaban J connectivity index is 0.000000233. The number of anilines is 7. The summed E-state index contributed by atoms with van der Waals surface area (Å²) in [7, 11) is 20.4. The van der Waals surface area contributed by atoms with Crippen molar-refractivity contribution in [1.29, 1.82) is 0 Å². The Labute approximate surface area is 591 Å². The summed E-state index contributed by atoms with van der Waals surface area (Å²) >= 11 is 34.4. The van der Waals surface area contributed by atoms with E-state index in [1.807, 2.05) is 125 Å². The molecule has 2 amide bonds. The Kier molecular flexibility index (Phi) is 29.1. The normalized spacial score (nSPS) is 12.6. The lowest BCUT2D eigenvalue weighted by molar-refractivity contribution is -0.112. The molecule has 2 aromatic carbocycles.